The zero-order valence-corrected chi connectivity index (χ0v) is 12.8. The maximum absolute atomic E-state index is 5.89. The number of guanidine groups is 1. The Labute approximate surface area is 131 Å². The quantitative estimate of drug-likeness (QED) is 0.634. The Balaban J connectivity index is 1.48. The highest BCUT2D eigenvalue weighted by Gasteiger charge is 2.16. The molecule has 0 saturated heterocycles. The molecule has 3 N–H and O–H groups in total. The molecule has 116 valence electrons. The second-order valence-corrected chi connectivity index (χ2v) is 5.91. The summed E-state index contributed by atoms with van der Waals surface area (Å²) < 4.78 is 1.93. The number of aliphatic imine (C=N–C) groups is 1. The molecule has 1 aromatic carbocycles. The Hall–Kier alpha value is -2.30. The lowest BCUT2D eigenvalue weighted by atomic mass is 9.85. The molecule has 3 rings (SSSR count). The molecule has 5 nitrogen and oxygen atoms in total. The fourth-order valence-electron chi connectivity index (χ4n) is 2.52. The predicted octanol–water partition coefficient (Wildman–Crippen LogP) is 2.14. The summed E-state index contributed by atoms with van der Waals surface area (Å²) in [6, 6.07) is 10.3. The van der Waals surface area contributed by atoms with E-state index < -0.39 is 0 Å². The Morgan fingerprint density at radius 3 is 2.82 bits per heavy atom. The molecular formula is C17H23N5. The molecule has 0 spiro atoms. The zero-order chi connectivity index (χ0) is 15.2. The minimum atomic E-state index is 0.530. The summed E-state index contributed by atoms with van der Waals surface area (Å²) in [6.07, 6.45) is 7.85. The van der Waals surface area contributed by atoms with Crippen molar-refractivity contribution in [1.29, 1.82) is 0 Å². The molecule has 22 heavy (non-hydrogen) atoms. The van der Waals surface area contributed by atoms with Crippen LogP contribution >= 0.6 is 0 Å². The van der Waals surface area contributed by atoms with Crippen LogP contribution in [0.2, 0.25) is 0 Å². The molecule has 0 radical (unpaired) electrons. The molecule has 1 fully saturated rings. The van der Waals surface area contributed by atoms with Crippen LogP contribution in [-0.2, 0) is 13.1 Å². The molecular weight excluding hydrogens is 274 g/mol. The zero-order valence-electron chi connectivity index (χ0n) is 12.8. The van der Waals surface area contributed by atoms with E-state index in [2.05, 4.69) is 27.5 Å². The van der Waals surface area contributed by atoms with Gasteiger partial charge in [0.15, 0.2) is 5.96 Å². The summed E-state index contributed by atoms with van der Waals surface area (Å²) in [6.45, 7) is 2.29. The normalized spacial score (nSPS) is 15.5. The highest BCUT2D eigenvalue weighted by Crippen LogP contribution is 2.24. The largest absolute Gasteiger partial charge is 0.370 e. The van der Waals surface area contributed by atoms with Crippen molar-refractivity contribution in [1.82, 2.24) is 15.1 Å². The topological polar surface area (TPSA) is 68.2 Å². The first kappa shape index (κ1) is 14.6. The van der Waals surface area contributed by atoms with E-state index in [0.717, 1.165) is 24.6 Å². The van der Waals surface area contributed by atoms with Crippen LogP contribution in [0.5, 0.6) is 0 Å². The number of nitrogens with one attached hydrogen (secondary N) is 1. The van der Waals surface area contributed by atoms with Gasteiger partial charge in [0.1, 0.15) is 0 Å². The van der Waals surface area contributed by atoms with Crippen molar-refractivity contribution >= 4 is 5.96 Å². The minimum absolute atomic E-state index is 0.530. The smallest absolute Gasteiger partial charge is 0.188 e. The number of rotatable bonds is 6. The second kappa shape index (κ2) is 7.11. The monoisotopic (exact) mass is 297 g/mol. The number of nitrogens with two attached hydrogens (primary N) is 1. The van der Waals surface area contributed by atoms with Crippen LogP contribution in [0.15, 0.2) is 47.7 Å². The summed E-state index contributed by atoms with van der Waals surface area (Å²) in [7, 11) is 0. The molecule has 0 atom stereocenters. The summed E-state index contributed by atoms with van der Waals surface area (Å²) in [4.78, 5) is 4.38. The van der Waals surface area contributed by atoms with E-state index in [1.165, 1.54) is 24.8 Å². The van der Waals surface area contributed by atoms with E-state index in [4.69, 9.17) is 5.73 Å². The first-order valence-electron chi connectivity index (χ1n) is 7.88. The molecule has 5 heteroatoms. The number of hydrogen-bond acceptors (Lipinski definition) is 2. The Morgan fingerprint density at radius 2 is 2.09 bits per heavy atom. The number of aromatic nitrogens is 2. The van der Waals surface area contributed by atoms with E-state index in [1.807, 2.05) is 35.3 Å². The van der Waals surface area contributed by atoms with Gasteiger partial charge in [-0.1, -0.05) is 36.8 Å². The van der Waals surface area contributed by atoms with Crippen molar-refractivity contribution < 1.29 is 0 Å². The van der Waals surface area contributed by atoms with E-state index in [9.17, 15) is 0 Å². The first-order chi connectivity index (χ1) is 10.8. The van der Waals surface area contributed by atoms with Gasteiger partial charge in [0.05, 0.1) is 19.3 Å². The number of benzene rings is 1. The van der Waals surface area contributed by atoms with Crippen molar-refractivity contribution in [2.75, 3.05) is 6.54 Å². The van der Waals surface area contributed by atoms with E-state index in [1.54, 1.807) is 0 Å². The van der Waals surface area contributed by atoms with Crippen molar-refractivity contribution in [3.05, 3.63) is 53.9 Å². The van der Waals surface area contributed by atoms with Gasteiger partial charge in [-0.15, -0.1) is 0 Å². The van der Waals surface area contributed by atoms with Crippen molar-refractivity contribution in [2.24, 2.45) is 16.6 Å². The molecule has 0 aliphatic heterocycles. The van der Waals surface area contributed by atoms with E-state index in [0.29, 0.717) is 12.5 Å². The molecule has 1 aliphatic carbocycles. The minimum Gasteiger partial charge on any atom is -0.370 e. The van der Waals surface area contributed by atoms with Crippen LogP contribution in [0, 0.1) is 5.92 Å². The van der Waals surface area contributed by atoms with Crippen LogP contribution < -0.4 is 11.1 Å². The Morgan fingerprint density at radius 1 is 1.27 bits per heavy atom. The van der Waals surface area contributed by atoms with Crippen molar-refractivity contribution in [3.63, 3.8) is 0 Å². The predicted molar refractivity (Wildman–Crippen MR) is 88.4 cm³/mol. The number of nitrogens with zero attached hydrogens (tertiary/aromatic N) is 3. The summed E-state index contributed by atoms with van der Waals surface area (Å²) >= 11 is 0. The van der Waals surface area contributed by atoms with Gasteiger partial charge in [-0.2, -0.15) is 5.10 Å². The maximum Gasteiger partial charge on any atom is 0.188 e. The molecule has 0 amide bonds. The SMILES string of the molecule is NC(=NCc1cnn(Cc2ccccc2)c1)NCC1CCC1. The highest BCUT2D eigenvalue weighted by molar-refractivity contribution is 5.77. The van der Waals surface area contributed by atoms with Crippen LogP contribution in [0.1, 0.15) is 30.4 Å². The lowest BCUT2D eigenvalue weighted by molar-refractivity contribution is 0.315. The fourth-order valence-corrected chi connectivity index (χ4v) is 2.52. The molecule has 1 saturated carbocycles. The van der Waals surface area contributed by atoms with Gasteiger partial charge >= 0.3 is 0 Å². The third-order valence-corrected chi connectivity index (χ3v) is 4.10. The maximum atomic E-state index is 5.89. The fraction of sp³-hybridized carbons (Fsp3) is 0.412. The molecule has 0 bridgehead atoms. The van der Waals surface area contributed by atoms with Crippen LogP contribution in [0.4, 0.5) is 0 Å². The van der Waals surface area contributed by atoms with Gasteiger partial charge in [-0.25, -0.2) is 4.99 Å². The van der Waals surface area contributed by atoms with Crippen molar-refractivity contribution in [3.8, 4) is 0 Å². The third-order valence-electron chi connectivity index (χ3n) is 4.10. The van der Waals surface area contributed by atoms with Gasteiger partial charge in [-0.3, -0.25) is 4.68 Å². The van der Waals surface area contributed by atoms with Crippen LogP contribution in [-0.4, -0.2) is 22.3 Å². The lowest BCUT2D eigenvalue weighted by Crippen LogP contribution is -2.37. The average molecular weight is 297 g/mol. The summed E-state index contributed by atoms with van der Waals surface area (Å²) in [5, 5.41) is 7.57. The molecule has 1 heterocycles. The van der Waals surface area contributed by atoms with E-state index >= 15 is 0 Å². The summed E-state index contributed by atoms with van der Waals surface area (Å²) in [5.74, 6) is 1.31. The first-order valence-corrected chi connectivity index (χ1v) is 7.88. The molecule has 1 aromatic heterocycles. The van der Waals surface area contributed by atoms with Gasteiger partial charge < -0.3 is 11.1 Å². The van der Waals surface area contributed by atoms with Gasteiger partial charge in [0, 0.05) is 18.3 Å². The Bertz CT molecular complexity index is 613. The average Bonchev–Trinajstić information content (AvgIpc) is 2.92. The molecule has 1 aliphatic rings. The number of hydrogen-bond donors (Lipinski definition) is 2. The van der Waals surface area contributed by atoms with Gasteiger partial charge in [-0.05, 0) is 24.3 Å². The van der Waals surface area contributed by atoms with Gasteiger partial charge in [0.25, 0.3) is 0 Å². The summed E-state index contributed by atoms with van der Waals surface area (Å²) in [5.41, 5.74) is 8.20. The lowest BCUT2D eigenvalue weighted by Gasteiger charge is -2.25. The third kappa shape index (κ3) is 4.10. The highest BCUT2D eigenvalue weighted by atomic mass is 15.3. The molecule has 2 aromatic rings. The van der Waals surface area contributed by atoms with Gasteiger partial charge in [0.2, 0.25) is 0 Å². The van der Waals surface area contributed by atoms with Crippen molar-refractivity contribution in [2.45, 2.75) is 32.4 Å². The van der Waals surface area contributed by atoms with Crippen LogP contribution in [0.3, 0.4) is 0 Å². The molecule has 0 unspecified atom stereocenters. The Kier molecular flexibility index (Phi) is 4.73. The second-order valence-electron chi connectivity index (χ2n) is 5.91. The van der Waals surface area contributed by atoms with E-state index in [-0.39, 0.29) is 0 Å². The van der Waals surface area contributed by atoms with Crippen LogP contribution in [0.25, 0.3) is 0 Å². The standard InChI is InChI=1S/C17H23N5/c18-17(19-9-14-7-4-8-14)20-10-16-11-21-22(13-16)12-15-5-2-1-3-6-15/h1-3,5-6,11,13-14H,4,7-10,12H2,(H3,18,19,20).